The molecule has 0 saturated heterocycles. The van der Waals surface area contributed by atoms with E-state index in [9.17, 15) is 4.79 Å². The Morgan fingerprint density at radius 2 is 2.17 bits per heavy atom. The van der Waals surface area contributed by atoms with Gasteiger partial charge in [-0.25, -0.2) is 4.99 Å². The van der Waals surface area contributed by atoms with E-state index in [1.54, 1.807) is 20.2 Å². The molecule has 1 amide bonds. The van der Waals surface area contributed by atoms with E-state index in [1.807, 2.05) is 25.1 Å². The molecule has 0 saturated carbocycles. The van der Waals surface area contributed by atoms with Gasteiger partial charge >= 0.3 is 0 Å². The van der Waals surface area contributed by atoms with Crippen LogP contribution in [0.5, 0.6) is 5.75 Å². The van der Waals surface area contributed by atoms with Crippen molar-refractivity contribution < 1.29 is 9.53 Å². The SMILES string of the molecule is C=CCNC(=NCC(=O)N(C)C)NCCc1cccc(OCC)c1. The topological polar surface area (TPSA) is 66.0 Å². The molecule has 0 aromatic heterocycles. The summed E-state index contributed by atoms with van der Waals surface area (Å²) >= 11 is 0. The highest BCUT2D eigenvalue weighted by molar-refractivity contribution is 5.84. The van der Waals surface area contributed by atoms with Crippen molar-refractivity contribution in [3.8, 4) is 5.75 Å². The lowest BCUT2D eigenvalue weighted by Gasteiger charge is -2.13. The average Bonchev–Trinajstić information content (AvgIpc) is 2.57. The fraction of sp³-hybridized carbons (Fsp3) is 0.444. The molecule has 0 fully saturated rings. The molecule has 1 rings (SSSR count). The van der Waals surface area contributed by atoms with Crippen LogP contribution in [0.3, 0.4) is 0 Å². The minimum absolute atomic E-state index is 0.0425. The van der Waals surface area contributed by atoms with E-state index in [2.05, 4.69) is 28.3 Å². The molecular formula is C18H28N4O2. The zero-order valence-electron chi connectivity index (χ0n) is 14.8. The van der Waals surface area contributed by atoms with Crippen LogP contribution < -0.4 is 15.4 Å². The lowest BCUT2D eigenvalue weighted by molar-refractivity contribution is -0.127. The van der Waals surface area contributed by atoms with Crippen molar-refractivity contribution >= 4 is 11.9 Å². The van der Waals surface area contributed by atoms with Crippen LogP contribution in [0.25, 0.3) is 0 Å². The lowest BCUT2D eigenvalue weighted by Crippen LogP contribution is -2.39. The molecule has 0 heterocycles. The number of carbonyl (C=O) groups is 1. The van der Waals surface area contributed by atoms with Crippen molar-refractivity contribution in [3.63, 3.8) is 0 Å². The first-order chi connectivity index (χ1) is 11.6. The molecule has 0 aliphatic rings. The zero-order valence-corrected chi connectivity index (χ0v) is 14.8. The van der Waals surface area contributed by atoms with E-state index in [4.69, 9.17) is 4.74 Å². The first-order valence-corrected chi connectivity index (χ1v) is 8.11. The number of rotatable bonds is 9. The Hall–Kier alpha value is -2.50. The molecule has 0 atom stereocenters. The highest BCUT2D eigenvalue weighted by Crippen LogP contribution is 2.13. The first-order valence-electron chi connectivity index (χ1n) is 8.11. The van der Waals surface area contributed by atoms with Crippen LogP contribution in [0.15, 0.2) is 41.9 Å². The van der Waals surface area contributed by atoms with Gasteiger partial charge in [0.25, 0.3) is 0 Å². The third kappa shape index (κ3) is 7.67. The molecule has 6 nitrogen and oxygen atoms in total. The molecule has 0 radical (unpaired) electrons. The van der Waals surface area contributed by atoms with Gasteiger partial charge in [0, 0.05) is 27.2 Å². The number of nitrogens with zero attached hydrogens (tertiary/aromatic N) is 2. The van der Waals surface area contributed by atoms with Crippen LogP contribution in [0.2, 0.25) is 0 Å². The van der Waals surface area contributed by atoms with Crippen molar-refractivity contribution in [2.24, 2.45) is 4.99 Å². The number of benzene rings is 1. The van der Waals surface area contributed by atoms with Gasteiger partial charge in [0.15, 0.2) is 5.96 Å². The van der Waals surface area contributed by atoms with Gasteiger partial charge in [-0.05, 0) is 31.0 Å². The summed E-state index contributed by atoms with van der Waals surface area (Å²) in [6.45, 7) is 7.70. The number of carbonyl (C=O) groups excluding carboxylic acids is 1. The van der Waals surface area contributed by atoms with Gasteiger partial charge in [0.1, 0.15) is 12.3 Å². The van der Waals surface area contributed by atoms with Gasteiger partial charge in [-0.15, -0.1) is 6.58 Å². The molecule has 0 unspecified atom stereocenters. The average molecular weight is 332 g/mol. The predicted molar refractivity (Wildman–Crippen MR) is 98.5 cm³/mol. The number of hydrogen-bond acceptors (Lipinski definition) is 3. The third-order valence-electron chi connectivity index (χ3n) is 3.20. The minimum atomic E-state index is -0.0425. The van der Waals surface area contributed by atoms with Crippen molar-refractivity contribution in [2.75, 3.05) is 40.3 Å². The summed E-state index contributed by atoms with van der Waals surface area (Å²) in [5, 5.41) is 6.34. The zero-order chi connectivity index (χ0) is 17.8. The molecule has 1 aromatic carbocycles. The summed E-state index contributed by atoms with van der Waals surface area (Å²) in [7, 11) is 3.43. The van der Waals surface area contributed by atoms with Crippen molar-refractivity contribution in [2.45, 2.75) is 13.3 Å². The van der Waals surface area contributed by atoms with E-state index >= 15 is 0 Å². The fourth-order valence-electron chi connectivity index (χ4n) is 1.91. The molecule has 132 valence electrons. The molecule has 6 heteroatoms. The number of ether oxygens (including phenoxy) is 1. The normalized spacial score (nSPS) is 10.9. The Bertz CT molecular complexity index is 556. The Morgan fingerprint density at radius 3 is 2.83 bits per heavy atom. The molecule has 0 spiro atoms. The molecule has 1 aromatic rings. The Kier molecular flexibility index (Phi) is 9.04. The maximum atomic E-state index is 11.6. The van der Waals surface area contributed by atoms with Crippen LogP contribution >= 0.6 is 0 Å². The summed E-state index contributed by atoms with van der Waals surface area (Å²) in [5.41, 5.74) is 1.18. The Balaban J connectivity index is 2.54. The smallest absolute Gasteiger partial charge is 0.243 e. The van der Waals surface area contributed by atoms with Crippen molar-refractivity contribution in [1.29, 1.82) is 0 Å². The molecule has 2 N–H and O–H groups in total. The summed E-state index contributed by atoms with van der Waals surface area (Å²) in [6.07, 6.45) is 2.58. The minimum Gasteiger partial charge on any atom is -0.494 e. The summed E-state index contributed by atoms with van der Waals surface area (Å²) < 4.78 is 5.50. The van der Waals surface area contributed by atoms with Crippen molar-refractivity contribution in [1.82, 2.24) is 15.5 Å². The second-order valence-corrected chi connectivity index (χ2v) is 5.38. The summed E-state index contributed by atoms with van der Waals surface area (Å²) in [4.78, 5) is 17.5. The number of amides is 1. The van der Waals surface area contributed by atoms with Gasteiger partial charge in [0.05, 0.1) is 6.61 Å². The summed E-state index contributed by atoms with van der Waals surface area (Å²) in [5.74, 6) is 1.44. The van der Waals surface area contributed by atoms with Gasteiger partial charge in [-0.2, -0.15) is 0 Å². The largest absolute Gasteiger partial charge is 0.494 e. The van der Waals surface area contributed by atoms with E-state index in [-0.39, 0.29) is 12.5 Å². The molecule has 0 aliphatic heterocycles. The van der Waals surface area contributed by atoms with Crippen LogP contribution in [0.4, 0.5) is 0 Å². The standard InChI is InChI=1S/C18H28N4O2/c1-5-11-19-18(21-14-17(23)22(3)4)20-12-10-15-8-7-9-16(13-15)24-6-2/h5,7-9,13H,1,6,10-12,14H2,2-4H3,(H2,19,20,21). The number of aliphatic imine (C=N–C) groups is 1. The van der Waals surface area contributed by atoms with Gasteiger partial charge in [0.2, 0.25) is 5.91 Å². The maximum absolute atomic E-state index is 11.6. The fourth-order valence-corrected chi connectivity index (χ4v) is 1.91. The quantitative estimate of drug-likeness (QED) is 0.408. The van der Waals surface area contributed by atoms with E-state index in [1.165, 1.54) is 10.5 Å². The van der Waals surface area contributed by atoms with Crippen molar-refractivity contribution in [3.05, 3.63) is 42.5 Å². The van der Waals surface area contributed by atoms with E-state index in [0.29, 0.717) is 25.7 Å². The number of likely N-dealkylation sites (N-methyl/N-ethyl adjacent to an activating group) is 1. The molecular weight excluding hydrogens is 304 g/mol. The van der Waals surface area contributed by atoms with Gasteiger partial charge in [-0.1, -0.05) is 18.2 Å². The second-order valence-electron chi connectivity index (χ2n) is 5.38. The number of nitrogens with one attached hydrogen (secondary N) is 2. The van der Waals surface area contributed by atoms with Gasteiger partial charge in [-0.3, -0.25) is 4.79 Å². The Labute approximate surface area is 144 Å². The highest BCUT2D eigenvalue weighted by Gasteiger charge is 2.04. The van der Waals surface area contributed by atoms with Crippen LogP contribution in [0.1, 0.15) is 12.5 Å². The molecule has 0 aliphatic carbocycles. The molecule has 0 bridgehead atoms. The number of guanidine groups is 1. The van der Waals surface area contributed by atoms with E-state index < -0.39 is 0 Å². The summed E-state index contributed by atoms with van der Waals surface area (Å²) in [6, 6.07) is 8.04. The van der Waals surface area contributed by atoms with E-state index in [0.717, 1.165) is 12.2 Å². The van der Waals surface area contributed by atoms with Crippen LogP contribution in [0, 0.1) is 0 Å². The maximum Gasteiger partial charge on any atom is 0.243 e. The second kappa shape index (κ2) is 11.1. The van der Waals surface area contributed by atoms with Crippen LogP contribution in [-0.4, -0.2) is 57.1 Å². The number of hydrogen-bond donors (Lipinski definition) is 2. The molecule has 24 heavy (non-hydrogen) atoms. The lowest BCUT2D eigenvalue weighted by atomic mass is 10.1. The predicted octanol–water partition coefficient (Wildman–Crippen LogP) is 1.44. The third-order valence-corrected chi connectivity index (χ3v) is 3.20. The highest BCUT2D eigenvalue weighted by atomic mass is 16.5. The monoisotopic (exact) mass is 332 g/mol. The Morgan fingerprint density at radius 1 is 1.38 bits per heavy atom. The van der Waals surface area contributed by atoms with Crippen LogP contribution in [-0.2, 0) is 11.2 Å². The first kappa shape index (κ1) is 19.5. The van der Waals surface area contributed by atoms with Gasteiger partial charge < -0.3 is 20.3 Å².